The smallest absolute Gasteiger partial charge is 0.319 e. The first-order chi connectivity index (χ1) is 12.8. The van der Waals surface area contributed by atoms with Crippen molar-refractivity contribution in [3.05, 3.63) is 60.6 Å². The average Bonchev–Trinajstić information content (AvgIpc) is 3.33. The summed E-state index contributed by atoms with van der Waals surface area (Å²) < 4.78 is 7.80. The molecule has 2 aromatic heterocycles. The molecule has 2 amide bonds. The Labute approximate surface area is 151 Å². The zero-order valence-corrected chi connectivity index (χ0v) is 14.3. The van der Waals surface area contributed by atoms with Crippen LogP contribution in [0.2, 0.25) is 0 Å². The lowest BCUT2D eigenvalue weighted by Crippen LogP contribution is -2.28. The number of amides is 2. The van der Waals surface area contributed by atoms with Crippen LogP contribution in [-0.4, -0.2) is 34.6 Å². The fourth-order valence-electron chi connectivity index (χ4n) is 2.96. The number of hydrogen-bond acceptors (Lipinski definition) is 4. The summed E-state index contributed by atoms with van der Waals surface area (Å²) in [4.78, 5) is 16.3. The van der Waals surface area contributed by atoms with Gasteiger partial charge in [-0.1, -0.05) is 0 Å². The summed E-state index contributed by atoms with van der Waals surface area (Å²) in [5, 5.41) is 8.95. The molecule has 4 rings (SSSR count). The van der Waals surface area contributed by atoms with Crippen molar-refractivity contribution in [3.8, 4) is 5.75 Å². The van der Waals surface area contributed by atoms with Gasteiger partial charge in [0.1, 0.15) is 17.5 Å². The molecule has 0 aliphatic carbocycles. The maximum absolute atomic E-state index is 12.1. The largest absolute Gasteiger partial charge is 0.489 e. The molecule has 3 N–H and O–H groups in total. The zero-order chi connectivity index (χ0) is 17.8. The van der Waals surface area contributed by atoms with Crippen molar-refractivity contribution in [2.24, 2.45) is 0 Å². The summed E-state index contributed by atoms with van der Waals surface area (Å²) in [5.74, 6) is 0.817. The molecule has 7 nitrogen and oxygen atoms in total. The van der Waals surface area contributed by atoms with Crippen LogP contribution >= 0.6 is 0 Å². The molecule has 7 heteroatoms. The van der Waals surface area contributed by atoms with Gasteiger partial charge in [-0.15, -0.1) is 0 Å². The van der Waals surface area contributed by atoms with Crippen LogP contribution in [0.4, 0.5) is 10.5 Å². The van der Waals surface area contributed by atoms with Crippen LogP contribution in [0.5, 0.6) is 5.75 Å². The molecule has 0 radical (unpaired) electrons. The molecule has 1 atom stereocenters. The van der Waals surface area contributed by atoms with Crippen LogP contribution in [0.25, 0.3) is 5.65 Å². The highest BCUT2D eigenvalue weighted by atomic mass is 16.5. The van der Waals surface area contributed by atoms with Gasteiger partial charge in [0.05, 0.1) is 0 Å². The molecule has 1 aliphatic heterocycles. The number of urea groups is 1. The molecule has 0 unspecified atom stereocenters. The number of nitrogens with zero attached hydrogens (tertiary/aromatic N) is 2. The number of pyridine rings is 1. The van der Waals surface area contributed by atoms with Crippen molar-refractivity contribution in [2.75, 3.05) is 18.4 Å². The van der Waals surface area contributed by atoms with Crippen molar-refractivity contribution >= 4 is 17.4 Å². The van der Waals surface area contributed by atoms with Crippen molar-refractivity contribution < 1.29 is 9.53 Å². The van der Waals surface area contributed by atoms with E-state index in [-0.39, 0.29) is 12.1 Å². The van der Waals surface area contributed by atoms with E-state index in [4.69, 9.17) is 4.74 Å². The second kappa shape index (κ2) is 7.45. The highest BCUT2D eigenvalue weighted by Gasteiger charge is 2.15. The van der Waals surface area contributed by atoms with E-state index in [1.165, 1.54) is 0 Å². The summed E-state index contributed by atoms with van der Waals surface area (Å²) in [7, 11) is 0. The first-order valence-electron chi connectivity index (χ1n) is 8.70. The maximum atomic E-state index is 12.1. The highest BCUT2D eigenvalue weighted by Crippen LogP contribution is 2.18. The second-order valence-corrected chi connectivity index (χ2v) is 6.29. The maximum Gasteiger partial charge on any atom is 0.319 e. The minimum Gasteiger partial charge on any atom is -0.489 e. The topological polar surface area (TPSA) is 79.7 Å². The molecule has 0 spiro atoms. The van der Waals surface area contributed by atoms with Crippen LogP contribution in [-0.2, 0) is 6.54 Å². The first kappa shape index (κ1) is 16.4. The van der Waals surface area contributed by atoms with Gasteiger partial charge in [-0.3, -0.25) is 0 Å². The van der Waals surface area contributed by atoms with E-state index in [1.54, 1.807) is 6.20 Å². The molecule has 1 fully saturated rings. The Morgan fingerprint density at radius 3 is 2.96 bits per heavy atom. The van der Waals surface area contributed by atoms with Gasteiger partial charge in [0, 0.05) is 37.4 Å². The molecular formula is C19H21N5O2. The Morgan fingerprint density at radius 2 is 2.15 bits per heavy atom. The second-order valence-electron chi connectivity index (χ2n) is 6.29. The van der Waals surface area contributed by atoms with Crippen LogP contribution < -0.4 is 20.7 Å². The van der Waals surface area contributed by atoms with E-state index < -0.39 is 0 Å². The lowest BCUT2D eigenvalue weighted by molar-refractivity contribution is 0.223. The number of hydrogen-bond donors (Lipinski definition) is 3. The minimum atomic E-state index is -0.248. The summed E-state index contributed by atoms with van der Waals surface area (Å²) in [6, 6.07) is 11.1. The van der Waals surface area contributed by atoms with Crippen LogP contribution in [0.15, 0.2) is 55.0 Å². The number of ether oxygens (including phenoxy) is 1. The molecule has 3 heterocycles. The monoisotopic (exact) mass is 351 g/mol. The Balaban J connectivity index is 1.28. The number of anilines is 1. The predicted octanol–water partition coefficient (Wildman–Crippen LogP) is 2.40. The fraction of sp³-hybridized carbons (Fsp3) is 0.263. The number of benzene rings is 1. The standard InChI is InChI=1S/C19H21N5O2/c25-19(22-12-14-6-9-24-10-8-21-18(24)11-14)23-15-1-3-16(4-2-15)26-17-5-7-20-13-17/h1-4,6,8-11,17,20H,5,7,12-13H2,(H2,22,23,25)/t17-/m1/s1. The number of carbonyl (C=O) groups excluding carboxylic acids is 1. The third-order valence-electron chi connectivity index (χ3n) is 4.35. The zero-order valence-electron chi connectivity index (χ0n) is 14.3. The Hall–Kier alpha value is -3.06. The molecule has 3 aromatic rings. The van der Waals surface area contributed by atoms with Gasteiger partial charge >= 0.3 is 6.03 Å². The minimum absolute atomic E-state index is 0.226. The van der Waals surface area contributed by atoms with E-state index in [9.17, 15) is 4.79 Å². The molecule has 134 valence electrons. The lowest BCUT2D eigenvalue weighted by atomic mass is 10.2. The van der Waals surface area contributed by atoms with Gasteiger partial charge in [0.25, 0.3) is 0 Å². The fourth-order valence-corrected chi connectivity index (χ4v) is 2.96. The van der Waals surface area contributed by atoms with Gasteiger partial charge in [-0.05, 0) is 54.9 Å². The van der Waals surface area contributed by atoms with Crippen molar-refractivity contribution in [1.82, 2.24) is 20.0 Å². The van der Waals surface area contributed by atoms with Gasteiger partial charge in [-0.2, -0.15) is 0 Å². The molecule has 26 heavy (non-hydrogen) atoms. The van der Waals surface area contributed by atoms with E-state index in [0.29, 0.717) is 6.54 Å². The molecule has 1 saturated heterocycles. The molecule has 0 saturated carbocycles. The van der Waals surface area contributed by atoms with Crippen LogP contribution in [0.1, 0.15) is 12.0 Å². The van der Waals surface area contributed by atoms with Crippen LogP contribution in [0.3, 0.4) is 0 Å². The molecule has 1 aromatic carbocycles. The predicted molar refractivity (Wildman–Crippen MR) is 99.4 cm³/mol. The van der Waals surface area contributed by atoms with Gasteiger partial charge in [0.15, 0.2) is 0 Å². The highest BCUT2D eigenvalue weighted by molar-refractivity contribution is 5.89. The third-order valence-corrected chi connectivity index (χ3v) is 4.35. The number of carbonyl (C=O) groups is 1. The van der Waals surface area contributed by atoms with Crippen molar-refractivity contribution in [1.29, 1.82) is 0 Å². The van der Waals surface area contributed by atoms with Crippen molar-refractivity contribution in [3.63, 3.8) is 0 Å². The van der Waals surface area contributed by atoms with Gasteiger partial charge in [0.2, 0.25) is 0 Å². The summed E-state index contributed by atoms with van der Waals surface area (Å²) in [6.45, 7) is 2.32. The Kier molecular flexibility index (Phi) is 4.70. The summed E-state index contributed by atoms with van der Waals surface area (Å²) >= 11 is 0. The SMILES string of the molecule is O=C(NCc1ccn2ccnc2c1)Nc1ccc(O[C@@H]2CCNC2)cc1. The third kappa shape index (κ3) is 3.94. The number of rotatable bonds is 5. The van der Waals surface area contributed by atoms with E-state index >= 15 is 0 Å². The molecule has 0 bridgehead atoms. The lowest BCUT2D eigenvalue weighted by Gasteiger charge is -2.13. The number of imidazole rings is 1. The van der Waals surface area contributed by atoms with Crippen molar-refractivity contribution in [2.45, 2.75) is 19.1 Å². The first-order valence-corrected chi connectivity index (χ1v) is 8.70. The summed E-state index contributed by atoms with van der Waals surface area (Å²) in [6.07, 6.45) is 6.80. The normalized spacial score (nSPS) is 16.5. The Bertz CT molecular complexity index is 884. The van der Waals surface area contributed by atoms with E-state index in [2.05, 4.69) is 20.9 Å². The quantitative estimate of drug-likeness (QED) is 0.659. The van der Waals surface area contributed by atoms with E-state index in [0.717, 1.165) is 42.2 Å². The molecular weight excluding hydrogens is 330 g/mol. The van der Waals surface area contributed by atoms with Crippen LogP contribution in [0, 0.1) is 0 Å². The van der Waals surface area contributed by atoms with Gasteiger partial charge in [-0.25, -0.2) is 9.78 Å². The van der Waals surface area contributed by atoms with E-state index in [1.807, 2.05) is 53.2 Å². The number of fused-ring (bicyclic) bond motifs is 1. The summed E-state index contributed by atoms with van der Waals surface area (Å²) in [5.41, 5.74) is 2.58. The van der Waals surface area contributed by atoms with Gasteiger partial charge < -0.3 is 25.1 Å². The molecule has 1 aliphatic rings. The number of nitrogens with one attached hydrogen (secondary N) is 3. The average molecular weight is 351 g/mol. The number of aromatic nitrogens is 2. The Morgan fingerprint density at radius 1 is 1.27 bits per heavy atom.